The highest BCUT2D eigenvalue weighted by Crippen LogP contribution is 1.86. The van der Waals surface area contributed by atoms with Gasteiger partial charge in [-0.25, -0.2) is 4.98 Å². The fourth-order valence-corrected chi connectivity index (χ4v) is 0.645. The van der Waals surface area contributed by atoms with Crippen LogP contribution >= 0.6 is 0 Å². The van der Waals surface area contributed by atoms with E-state index in [1.54, 1.807) is 12.4 Å². The lowest BCUT2D eigenvalue weighted by atomic mass is 10.7. The van der Waals surface area contributed by atoms with Gasteiger partial charge in [-0.05, 0) is 12.1 Å². The minimum absolute atomic E-state index is 1.38. The maximum absolute atomic E-state index is 4.47. The average Bonchev–Trinajstić information content (AvgIpc) is 2.81. The Morgan fingerprint density at radius 2 is 2.08 bits per heavy atom. The third kappa shape index (κ3) is 2.88. The van der Waals surface area contributed by atoms with Crippen molar-refractivity contribution in [3.8, 4) is 0 Å². The van der Waals surface area contributed by atoms with Crippen molar-refractivity contribution in [1.82, 2.24) is 9.55 Å². The maximum Gasteiger partial charge on any atom is 0.180 e. The summed E-state index contributed by atoms with van der Waals surface area (Å²) >= 11 is 0. The Morgan fingerprint density at radius 3 is 2.33 bits per heavy atom. The zero-order valence-corrected chi connectivity index (χ0v) is 6.63. The van der Waals surface area contributed by atoms with Crippen LogP contribution in [0.5, 0.6) is 0 Å². The van der Waals surface area contributed by atoms with Gasteiger partial charge in [0, 0.05) is 18.6 Å². The number of oxazole rings is 1. The highest BCUT2D eigenvalue weighted by molar-refractivity contribution is 5.17. The summed E-state index contributed by atoms with van der Waals surface area (Å²) in [4.78, 5) is 3.56. The summed E-state index contributed by atoms with van der Waals surface area (Å²) in [5.74, 6) is 0. The van der Waals surface area contributed by atoms with E-state index in [1.807, 2.05) is 29.1 Å². The van der Waals surface area contributed by atoms with E-state index in [0.29, 0.717) is 0 Å². The van der Waals surface area contributed by atoms with Crippen molar-refractivity contribution in [2.75, 3.05) is 0 Å². The van der Waals surface area contributed by atoms with Crippen LogP contribution in [-0.2, 0) is 0 Å². The molecule has 2 aromatic heterocycles. The van der Waals surface area contributed by atoms with Crippen LogP contribution in [0.15, 0.2) is 54.4 Å². The molecule has 0 aliphatic rings. The molecule has 12 heavy (non-hydrogen) atoms. The molecule has 2 aromatic rings. The average molecular weight is 162 g/mol. The summed E-state index contributed by atoms with van der Waals surface area (Å²) in [5.41, 5.74) is 0. The molecular weight excluding hydrogens is 152 g/mol. The monoisotopic (exact) mass is 162 g/mol. The summed E-state index contributed by atoms with van der Waals surface area (Å²) in [5, 5.41) is 0. The molecule has 0 saturated carbocycles. The van der Waals surface area contributed by atoms with Crippen molar-refractivity contribution < 1.29 is 4.42 Å². The minimum Gasteiger partial charge on any atom is -0.452 e. The Bertz CT molecular complexity index is 267. The van der Waals surface area contributed by atoms with Gasteiger partial charge in [0.1, 0.15) is 6.26 Å². The van der Waals surface area contributed by atoms with Crippen molar-refractivity contribution in [2.45, 2.75) is 0 Å². The zero-order valence-electron chi connectivity index (χ0n) is 6.63. The second-order valence-electron chi connectivity index (χ2n) is 1.99. The molecule has 2 heterocycles. The van der Waals surface area contributed by atoms with Gasteiger partial charge in [-0.15, -0.1) is 0 Å². The number of hydrogen-bond donors (Lipinski definition) is 0. The molecule has 0 fully saturated rings. The van der Waals surface area contributed by atoms with Crippen LogP contribution < -0.4 is 0 Å². The van der Waals surface area contributed by atoms with Crippen molar-refractivity contribution in [3.05, 3.63) is 50.0 Å². The molecule has 0 N–H and O–H groups in total. The summed E-state index contributed by atoms with van der Waals surface area (Å²) in [6.45, 7) is 3.57. The van der Waals surface area contributed by atoms with E-state index in [0.717, 1.165) is 0 Å². The molecule has 0 amide bonds. The first kappa shape index (κ1) is 8.33. The van der Waals surface area contributed by atoms with Gasteiger partial charge in [-0.1, -0.05) is 6.58 Å². The third-order valence-electron chi connectivity index (χ3n) is 1.19. The quantitative estimate of drug-likeness (QED) is 0.644. The second kappa shape index (κ2) is 4.96. The van der Waals surface area contributed by atoms with Crippen molar-refractivity contribution in [1.29, 1.82) is 0 Å². The molecule has 62 valence electrons. The van der Waals surface area contributed by atoms with Crippen LogP contribution in [0.3, 0.4) is 0 Å². The first-order chi connectivity index (χ1) is 5.93. The lowest BCUT2D eigenvalue weighted by molar-refractivity contribution is 0.558. The van der Waals surface area contributed by atoms with E-state index in [9.17, 15) is 0 Å². The molecule has 0 aliphatic carbocycles. The van der Waals surface area contributed by atoms with Crippen molar-refractivity contribution in [2.24, 2.45) is 0 Å². The lowest BCUT2D eigenvalue weighted by Gasteiger charge is -1.82. The molecule has 0 radical (unpaired) electrons. The largest absolute Gasteiger partial charge is 0.452 e. The minimum atomic E-state index is 1.38. The van der Waals surface area contributed by atoms with Gasteiger partial charge in [-0.3, -0.25) is 0 Å². The highest BCUT2D eigenvalue weighted by Gasteiger charge is 1.71. The molecule has 0 aromatic carbocycles. The Morgan fingerprint density at radius 1 is 1.33 bits per heavy atom. The van der Waals surface area contributed by atoms with Crippen LogP contribution in [0.1, 0.15) is 0 Å². The molecule has 0 atom stereocenters. The molecule has 0 bridgehead atoms. The molecule has 2 rings (SSSR count). The molecule has 0 saturated heterocycles. The van der Waals surface area contributed by atoms with Crippen LogP contribution in [0, 0.1) is 0 Å². The van der Waals surface area contributed by atoms with Gasteiger partial charge >= 0.3 is 0 Å². The van der Waals surface area contributed by atoms with Crippen LogP contribution in [0.25, 0.3) is 6.20 Å². The van der Waals surface area contributed by atoms with Gasteiger partial charge in [-0.2, -0.15) is 0 Å². The lowest BCUT2D eigenvalue weighted by Crippen LogP contribution is -1.72. The number of nitrogens with zero attached hydrogens (tertiary/aromatic N) is 2. The molecule has 0 aliphatic heterocycles. The molecule has 0 unspecified atom stereocenters. The predicted molar refractivity (Wildman–Crippen MR) is 47.3 cm³/mol. The van der Waals surface area contributed by atoms with Gasteiger partial charge in [0.2, 0.25) is 0 Å². The van der Waals surface area contributed by atoms with E-state index in [4.69, 9.17) is 0 Å². The first-order valence-corrected chi connectivity index (χ1v) is 3.50. The summed E-state index contributed by atoms with van der Waals surface area (Å²) in [6.07, 6.45) is 10.1. The topological polar surface area (TPSA) is 31.0 Å². The van der Waals surface area contributed by atoms with Crippen LogP contribution in [-0.4, -0.2) is 9.55 Å². The van der Waals surface area contributed by atoms with E-state index < -0.39 is 0 Å². The molecule has 0 spiro atoms. The predicted octanol–water partition coefficient (Wildman–Crippen LogP) is 2.26. The summed E-state index contributed by atoms with van der Waals surface area (Å²) in [7, 11) is 0. The van der Waals surface area contributed by atoms with Gasteiger partial charge in [0.15, 0.2) is 6.39 Å². The number of aromatic nitrogens is 2. The van der Waals surface area contributed by atoms with Gasteiger partial charge < -0.3 is 8.98 Å². The maximum atomic E-state index is 4.47. The van der Waals surface area contributed by atoms with E-state index in [1.165, 1.54) is 12.7 Å². The molecular formula is C9H10N2O. The molecule has 3 nitrogen and oxygen atoms in total. The Kier molecular flexibility index (Phi) is 3.44. The standard InChI is InChI=1S/C6H7N.C3H3NO/c1-2-7-5-3-4-6-7;1-2-5-3-4-1/h2-6H,1H2;1-3H. The first-order valence-electron chi connectivity index (χ1n) is 3.50. The Balaban J connectivity index is 0.000000127. The van der Waals surface area contributed by atoms with Crippen molar-refractivity contribution in [3.63, 3.8) is 0 Å². The Hall–Kier alpha value is -1.77. The molecule has 3 heteroatoms. The highest BCUT2D eigenvalue weighted by atomic mass is 16.3. The van der Waals surface area contributed by atoms with Gasteiger partial charge in [0.05, 0.1) is 6.20 Å². The van der Waals surface area contributed by atoms with E-state index in [2.05, 4.69) is 16.0 Å². The Labute approximate surface area is 71.0 Å². The fraction of sp³-hybridized carbons (Fsp3) is 0. The summed E-state index contributed by atoms with van der Waals surface area (Å²) < 4.78 is 6.36. The van der Waals surface area contributed by atoms with Crippen molar-refractivity contribution >= 4 is 6.20 Å². The fourth-order valence-electron chi connectivity index (χ4n) is 0.645. The smallest absolute Gasteiger partial charge is 0.180 e. The SMILES string of the molecule is C=Cn1cccc1.c1cocn1. The normalized spacial score (nSPS) is 8.33. The summed E-state index contributed by atoms with van der Waals surface area (Å²) in [6, 6.07) is 3.92. The van der Waals surface area contributed by atoms with Crippen LogP contribution in [0.2, 0.25) is 0 Å². The number of hydrogen-bond acceptors (Lipinski definition) is 2. The van der Waals surface area contributed by atoms with Gasteiger partial charge in [0.25, 0.3) is 0 Å². The number of rotatable bonds is 1. The zero-order chi connectivity index (χ0) is 8.65. The van der Waals surface area contributed by atoms with Crippen LogP contribution in [0.4, 0.5) is 0 Å². The van der Waals surface area contributed by atoms with E-state index in [-0.39, 0.29) is 0 Å². The van der Waals surface area contributed by atoms with E-state index >= 15 is 0 Å². The second-order valence-corrected chi connectivity index (χ2v) is 1.99. The third-order valence-corrected chi connectivity index (χ3v) is 1.19.